The number of rotatable bonds is 4. The van der Waals surface area contributed by atoms with Gasteiger partial charge in [0.15, 0.2) is 0 Å². The highest BCUT2D eigenvalue weighted by molar-refractivity contribution is 7.07. The molecule has 1 fully saturated rings. The molecular formula is C15H19N3OS. The summed E-state index contributed by atoms with van der Waals surface area (Å²) in [6.45, 7) is 5.28. The van der Waals surface area contributed by atoms with E-state index in [1.54, 1.807) is 18.4 Å². The molecular weight excluding hydrogens is 270 g/mol. The molecule has 0 N–H and O–H groups in total. The monoisotopic (exact) mass is 289 g/mol. The van der Waals surface area contributed by atoms with Crippen LogP contribution < -0.4 is 9.64 Å². The van der Waals surface area contributed by atoms with Crippen LogP contribution in [0.25, 0.3) is 0 Å². The van der Waals surface area contributed by atoms with Gasteiger partial charge in [-0.2, -0.15) is 0 Å². The van der Waals surface area contributed by atoms with E-state index >= 15 is 0 Å². The van der Waals surface area contributed by atoms with Gasteiger partial charge in [0.25, 0.3) is 0 Å². The molecule has 1 aliphatic heterocycles. The van der Waals surface area contributed by atoms with Crippen molar-refractivity contribution in [2.24, 2.45) is 0 Å². The number of anilines is 1. The van der Waals surface area contributed by atoms with Gasteiger partial charge in [-0.25, -0.2) is 4.98 Å². The Hall–Kier alpha value is -1.59. The lowest BCUT2D eigenvalue weighted by molar-refractivity contribution is 0.247. The Kier molecular flexibility index (Phi) is 4.18. The molecule has 1 aromatic heterocycles. The van der Waals surface area contributed by atoms with Crippen LogP contribution in [0.2, 0.25) is 0 Å². The molecule has 0 spiro atoms. The van der Waals surface area contributed by atoms with Crippen molar-refractivity contribution >= 4 is 17.0 Å². The molecule has 0 aliphatic carbocycles. The maximum Gasteiger partial charge on any atom is 0.119 e. The first-order valence-corrected chi connectivity index (χ1v) is 7.78. The van der Waals surface area contributed by atoms with E-state index in [0.29, 0.717) is 0 Å². The summed E-state index contributed by atoms with van der Waals surface area (Å²) in [4.78, 5) is 9.25. The zero-order valence-corrected chi connectivity index (χ0v) is 12.5. The van der Waals surface area contributed by atoms with Crippen LogP contribution >= 0.6 is 11.3 Å². The molecule has 1 aliphatic rings. The van der Waals surface area contributed by atoms with Crippen LogP contribution in [-0.2, 0) is 6.54 Å². The molecule has 2 aromatic rings. The third kappa shape index (κ3) is 3.11. The highest BCUT2D eigenvalue weighted by atomic mass is 32.1. The summed E-state index contributed by atoms with van der Waals surface area (Å²) in [5.74, 6) is 0.913. The quantitative estimate of drug-likeness (QED) is 0.864. The van der Waals surface area contributed by atoms with Crippen molar-refractivity contribution in [2.75, 3.05) is 38.2 Å². The number of hydrogen-bond donors (Lipinski definition) is 0. The fourth-order valence-electron chi connectivity index (χ4n) is 2.50. The first kappa shape index (κ1) is 13.4. The molecule has 1 saturated heterocycles. The second-order valence-corrected chi connectivity index (χ2v) is 5.66. The number of methoxy groups -OCH3 is 1. The number of benzene rings is 1. The first-order chi connectivity index (χ1) is 9.85. The fourth-order valence-corrected chi connectivity index (χ4v) is 3.05. The Balaban J connectivity index is 1.55. The maximum atomic E-state index is 5.20. The van der Waals surface area contributed by atoms with E-state index < -0.39 is 0 Å². The van der Waals surface area contributed by atoms with Gasteiger partial charge < -0.3 is 9.64 Å². The highest BCUT2D eigenvalue weighted by Gasteiger charge is 2.17. The van der Waals surface area contributed by atoms with E-state index in [-0.39, 0.29) is 0 Å². The van der Waals surface area contributed by atoms with Gasteiger partial charge in [-0.05, 0) is 24.3 Å². The van der Waals surface area contributed by atoms with E-state index in [9.17, 15) is 0 Å². The third-order valence-electron chi connectivity index (χ3n) is 3.68. The Labute approximate surface area is 123 Å². The van der Waals surface area contributed by atoms with Crippen LogP contribution in [0.15, 0.2) is 35.2 Å². The lowest BCUT2D eigenvalue weighted by Gasteiger charge is -2.35. The molecule has 1 aromatic carbocycles. The number of aromatic nitrogens is 1. The minimum absolute atomic E-state index is 0.913. The Morgan fingerprint density at radius 1 is 1.15 bits per heavy atom. The number of ether oxygens (including phenoxy) is 1. The van der Waals surface area contributed by atoms with Gasteiger partial charge in [0, 0.05) is 43.8 Å². The predicted molar refractivity (Wildman–Crippen MR) is 82.6 cm³/mol. The molecule has 2 heterocycles. The Morgan fingerprint density at radius 3 is 2.50 bits per heavy atom. The molecule has 3 rings (SSSR count). The third-order valence-corrected chi connectivity index (χ3v) is 4.31. The summed E-state index contributed by atoms with van der Waals surface area (Å²) < 4.78 is 5.20. The van der Waals surface area contributed by atoms with Crippen molar-refractivity contribution in [3.05, 3.63) is 40.8 Å². The average molecular weight is 289 g/mol. The summed E-state index contributed by atoms with van der Waals surface area (Å²) in [6.07, 6.45) is 0. The van der Waals surface area contributed by atoms with Crippen LogP contribution in [0.3, 0.4) is 0 Å². The zero-order valence-electron chi connectivity index (χ0n) is 11.7. The fraction of sp³-hybridized carbons (Fsp3) is 0.400. The van der Waals surface area contributed by atoms with E-state index in [4.69, 9.17) is 4.74 Å². The van der Waals surface area contributed by atoms with Gasteiger partial charge in [-0.15, -0.1) is 11.3 Å². The molecule has 20 heavy (non-hydrogen) atoms. The van der Waals surface area contributed by atoms with Crippen molar-refractivity contribution < 1.29 is 4.74 Å². The Bertz CT molecular complexity index is 519. The molecule has 0 radical (unpaired) electrons. The van der Waals surface area contributed by atoms with E-state index in [0.717, 1.165) is 38.5 Å². The molecule has 0 saturated carbocycles. The number of thiazole rings is 1. The molecule has 5 heteroatoms. The van der Waals surface area contributed by atoms with E-state index in [2.05, 4.69) is 32.3 Å². The smallest absolute Gasteiger partial charge is 0.119 e. The Morgan fingerprint density at radius 2 is 1.90 bits per heavy atom. The SMILES string of the molecule is COc1ccc(N2CCN(Cc3cscn3)CC2)cc1. The molecule has 106 valence electrons. The topological polar surface area (TPSA) is 28.6 Å². The highest BCUT2D eigenvalue weighted by Crippen LogP contribution is 2.20. The largest absolute Gasteiger partial charge is 0.497 e. The molecule has 0 bridgehead atoms. The van der Waals surface area contributed by atoms with E-state index in [1.165, 1.54) is 11.4 Å². The summed E-state index contributed by atoms with van der Waals surface area (Å²) in [5.41, 5.74) is 4.37. The second-order valence-electron chi connectivity index (χ2n) is 4.94. The van der Waals surface area contributed by atoms with Crippen molar-refractivity contribution in [3.63, 3.8) is 0 Å². The number of hydrogen-bond acceptors (Lipinski definition) is 5. The van der Waals surface area contributed by atoms with Gasteiger partial charge in [-0.3, -0.25) is 4.90 Å². The standard InChI is InChI=1S/C15H19N3OS/c1-19-15-4-2-14(3-5-15)18-8-6-17(7-9-18)10-13-11-20-12-16-13/h2-5,11-12H,6-10H2,1H3. The number of piperazine rings is 1. The summed E-state index contributed by atoms with van der Waals surface area (Å²) in [6, 6.07) is 8.32. The minimum Gasteiger partial charge on any atom is -0.497 e. The van der Waals surface area contributed by atoms with Crippen LogP contribution in [0, 0.1) is 0 Å². The van der Waals surface area contributed by atoms with Crippen LogP contribution in [-0.4, -0.2) is 43.2 Å². The summed E-state index contributed by atoms with van der Waals surface area (Å²) >= 11 is 1.67. The van der Waals surface area contributed by atoms with Gasteiger partial charge in [-0.1, -0.05) is 0 Å². The zero-order chi connectivity index (χ0) is 13.8. The van der Waals surface area contributed by atoms with Crippen molar-refractivity contribution in [1.82, 2.24) is 9.88 Å². The average Bonchev–Trinajstić information content (AvgIpc) is 3.01. The van der Waals surface area contributed by atoms with Crippen LogP contribution in [0.1, 0.15) is 5.69 Å². The molecule has 0 unspecified atom stereocenters. The normalized spacial score (nSPS) is 16.4. The summed E-state index contributed by atoms with van der Waals surface area (Å²) in [5, 5.41) is 2.13. The van der Waals surface area contributed by atoms with Gasteiger partial charge >= 0.3 is 0 Å². The minimum atomic E-state index is 0.913. The van der Waals surface area contributed by atoms with Crippen LogP contribution in [0.4, 0.5) is 5.69 Å². The molecule has 4 nitrogen and oxygen atoms in total. The molecule has 0 atom stereocenters. The molecule has 0 amide bonds. The first-order valence-electron chi connectivity index (χ1n) is 6.83. The second kappa shape index (κ2) is 6.24. The van der Waals surface area contributed by atoms with Gasteiger partial charge in [0.2, 0.25) is 0 Å². The van der Waals surface area contributed by atoms with Gasteiger partial charge in [0.1, 0.15) is 5.75 Å². The van der Waals surface area contributed by atoms with Crippen molar-refractivity contribution in [1.29, 1.82) is 0 Å². The number of nitrogens with zero attached hydrogens (tertiary/aromatic N) is 3. The van der Waals surface area contributed by atoms with Crippen molar-refractivity contribution in [2.45, 2.75) is 6.54 Å². The lowest BCUT2D eigenvalue weighted by Crippen LogP contribution is -2.46. The van der Waals surface area contributed by atoms with E-state index in [1.807, 2.05) is 17.6 Å². The predicted octanol–water partition coefficient (Wildman–Crippen LogP) is 2.47. The van der Waals surface area contributed by atoms with Crippen molar-refractivity contribution in [3.8, 4) is 5.75 Å². The van der Waals surface area contributed by atoms with Crippen LogP contribution in [0.5, 0.6) is 5.75 Å². The summed E-state index contributed by atoms with van der Waals surface area (Å²) in [7, 11) is 1.70. The lowest BCUT2D eigenvalue weighted by atomic mass is 10.2. The van der Waals surface area contributed by atoms with Gasteiger partial charge in [0.05, 0.1) is 18.3 Å². The maximum absolute atomic E-state index is 5.20.